The number of hydrogen-bond donors (Lipinski definition) is 2. The Balaban J connectivity index is 2.42. The molecule has 0 amide bonds. The predicted molar refractivity (Wildman–Crippen MR) is 57.6 cm³/mol. The van der Waals surface area contributed by atoms with E-state index in [0.29, 0.717) is 19.4 Å². The van der Waals surface area contributed by atoms with E-state index in [9.17, 15) is 13.2 Å². The number of rotatable bonds is 6. The van der Waals surface area contributed by atoms with E-state index in [1.807, 2.05) is 6.92 Å². The lowest BCUT2D eigenvalue weighted by atomic mass is 9.90. The van der Waals surface area contributed by atoms with Crippen LogP contribution in [0.2, 0.25) is 0 Å². The highest BCUT2D eigenvalue weighted by Crippen LogP contribution is 2.24. The fourth-order valence-electron chi connectivity index (χ4n) is 1.50. The van der Waals surface area contributed by atoms with Crippen molar-refractivity contribution >= 4 is 16.0 Å². The van der Waals surface area contributed by atoms with Crippen molar-refractivity contribution < 1.29 is 23.1 Å². The second-order valence-corrected chi connectivity index (χ2v) is 5.92. The predicted octanol–water partition coefficient (Wildman–Crippen LogP) is -0.0536. The van der Waals surface area contributed by atoms with Gasteiger partial charge in [-0.15, -0.1) is 0 Å². The van der Waals surface area contributed by atoms with E-state index in [1.165, 1.54) is 0 Å². The first kappa shape index (κ1) is 13.4. The zero-order valence-corrected chi connectivity index (χ0v) is 10.2. The topological polar surface area (TPSA) is 92.7 Å². The molecule has 0 spiro atoms. The molecule has 16 heavy (non-hydrogen) atoms. The van der Waals surface area contributed by atoms with Crippen LogP contribution in [-0.4, -0.2) is 43.5 Å². The van der Waals surface area contributed by atoms with Gasteiger partial charge in [-0.1, -0.05) is 0 Å². The first-order valence-electron chi connectivity index (χ1n) is 5.22. The van der Waals surface area contributed by atoms with E-state index in [0.717, 1.165) is 6.92 Å². The van der Waals surface area contributed by atoms with Crippen LogP contribution in [0, 0.1) is 0 Å². The Labute approximate surface area is 95.0 Å². The van der Waals surface area contributed by atoms with E-state index >= 15 is 0 Å². The second-order valence-electron chi connectivity index (χ2n) is 3.89. The molecule has 0 aromatic heterocycles. The standard InChI is InChI=1S/C9H17NO5S/c1-3-15-8-4-7(5-8)10-16(13,14)6(2)9(11)12/h6-8,10H,3-5H2,1-2H3,(H,11,12). The molecule has 94 valence electrons. The third-order valence-corrected chi connectivity index (χ3v) is 4.44. The molecule has 1 atom stereocenters. The Morgan fingerprint density at radius 1 is 1.56 bits per heavy atom. The highest BCUT2D eigenvalue weighted by Gasteiger charge is 2.36. The van der Waals surface area contributed by atoms with Crippen LogP contribution in [0.25, 0.3) is 0 Å². The van der Waals surface area contributed by atoms with E-state index < -0.39 is 21.2 Å². The van der Waals surface area contributed by atoms with Crippen LogP contribution in [0.3, 0.4) is 0 Å². The van der Waals surface area contributed by atoms with Gasteiger partial charge in [-0.05, 0) is 26.7 Å². The summed E-state index contributed by atoms with van der Waals surface area (Å²) in [7, 11) is -3.76. The number of nitrogens with one attached hydrogen (secondary N) is 1. The Hall–Kier alpha value is -0.660. The second kappa shape index (κ2) is 5.11. The molecule has 1 fully saturated rings. The van der Waals surface area contributed by atoms with Gasteiger partial charge in [0.15, 0.2) is 5.25 Å². The average molecular weight is 251 g/mol. The molecule has 0 radical (unpaired) electrons. The summed E-state index contributed by atoms with van der Waals surface area (Å²) in [5.41, 5.74) is 0. The third-order valence-electron chi connectivity index (χ3n) is 2.64. The van der Waals surface area contributed by atoms with Gasteiger partial charge in [0, 0.05) is 12.6 Å². The smallest absolute Gasteiger partial charge is 0.323 e. The molecule has 0 aromatic rings. The largest absolute Gasteiger partial charge is 0.480 e. The van der Waals surface area contributed by atoms with E-state index in [1.54, 1.807) is 0 Å². The van der Waals surface area contributed by atoms with E-state index in [-0.39, 0.29) is 12.1 Å². The van der Waals surface area contributed by atoms with Crippen molar-refractivity contribution in [3.05, 3.63) is 0 Å². The Morgan fingerprint density at radius 2 is 2.12 bits per heavy atom. The molecule has 1 aliphatic rings. The zero-order valence-electron chi connectivity index (χ0n) is 9.34. The van der Waals surface area contributed by atoms with Crippen LogP contribution in [0.4, 0.5) is 0 Å². The van der Waals surface area contributed by atoms with Gasteiger partial charge < -0.3 is 9.84 Å². The molecule has 2 N–H and O–H groups in total. The Bertz CT molecular complexity index is 347. The summed E-state index contributed by atoms with van der Waals surface area (Å²) >= 11 is 0. The molecule has 0 aromatic carbocycles. The molecule has 0 aliphatic heterocycles. The van der Waals surface area contributed by atoms with Crippen molar-refractivity contribution in [3.63, 3.8) is 0 Å². The summed E-state index contributed by atoms with van der Waals surface area (Å²) in [6, 6.07) is -0.191. The normalized spacial score (nSPS) is 27.1. The minimum atomic E-state index is -3.76. The van der Waals surface area contributed by atoms with Crippen molar-refractivity contribution in [1.82, 2.24) is 4.72 Å². The summed E-state index contributed by atoms with van der Waals surface area (Å²) in [6.45, 7) is 3.64. The molecule has 1 aliphatic carbocycles. The van der Waals surface area contributed by atoms with Crippen molar-refractivity contribution in [3.8, 4) is 0 Å². The van der Waals surface area contributed by atoms with Gasteiger partial charge in [-0.2, -0.15) is 0 Å². The van der Waals surface area contributed by atoms with Crippen LogP contribution < -0.4 is 4.72 Å². The molecule has 0 bridgehead atoms. The van der Waals surface area contributed by atoms with Crippen LogP contribution in [0.1, 0.15) is 26.7 Å². The molecule has 0 heterocycles. The molecule has 0 saturated heterocycles. The first-order valence-corrected chi connectivity index (χ1v) is 6.77. The van der Waals surface area contributed by atoms with Gasteiger partial charge >= 0.3 is 5.97 Å². The summed E-state index contributed by atoms with van der Waals surface area (Å²) in [6.07, 6.45) is 1.32. The third kappa shape index (κ3) is 3.16. The number of carboxylic acid groups (broad SMARTS) is 1. The Morgan fingerprint density at radius 3 is 2.56 bits per heavy atom. The van der Waals surface area contributed by atoms with Crippen molar-refractivity contribution in [2.75, 3.05) is 6.61 Å². The number of carbonyl (C=O) groups is 1. The monoisotopic (exact) mass is 251 g/mol. The van der Waals surface area contributed by atoms with Gasteiger partial charge in [0.1, 0.15) is 0 Å². The van der Waals surface area contributed by atoms with Crippen LogP contribution >= 0.6 is 0 Å². The van der Waals surface area contributed by atoms with Gasteiger partial charge in [0.25, 0.3) is 0 Å². The first-order chi connectivity index (χ1) is 7.36. The molecule has 6 nitrogen and oxygen atoms in total. The van der Waals surface area contributed by atoms with Crippen LogP contribution in [-0.2, 0) is 19.6 Å². The highest BCUT2D eigenvalue weighted by atomic mass is 32.2. The fraction of sp³-hybridized carbons (Fsp3) is 0.889. The summed E-state index contributed by atoms with van der Waals surface area (Å²) in [4.78, 5) is 10.6. The maximum Gasteiger partial charge on any atom is 0.323 e. The van der Waals surface area contributed by atoms with Crippen molar-refractivity contribution in [1.29, 1.82) is 0 Å². The fourth-order valence-corrected chi connectivity index (χ4v) is 2.63. The van der Waals surface area contributed by atoms with Gasteiger partial charge in [-0.25, -0.2) is 13.1 Å². The van der Waals surface area contributed by atoms with Crippen molar-refractivity contribution in [2.24, 2.45) is 0 Å². The summed E-state index contributed by atoms with van der Waals surface area (Å²) in [5, 5.41) is 7.20. The van der Waals surface area contributed by atoms with Crippen molar-refractivity contribution in [2.45, 2.75) is 44.1 Å². The highest BCUT2D eigenvalue weighted by molar-refractivity contribution is 7.90. The lowest BCUT2D eigenvalue weighted by Crippen LogP contribution is -2.51. The molecule has 7 heteroatoms. The maximum absolute atomic E-state index is 11.5. The Kier molecular flexibility index (Phi) is 4.28. The minimum Gasteiger partial charge on any atom is -0.480 e. The number of aliphatic carboxylic acids is 1. The number of ether oxygens (including phenoxy) is 1. The molecular weight excluding hydrogens is 234 g/mol. The SMILES string of the molecule is CCOC1CC(NS(=O)(=O)C(C)C(=O)O)C1. The average Bonchev–Trinajstić information content (AvgIpc) is 2.13. The molecule has 1 unspecified atom stereocenters. The number of carboxylic acids is 1. The van der Waals surface area contributed by atoms with Crippen LogP contribution in [0.15, 0.2) is 0 Å². The van der Waals surface area contributed by atoms with Gasteiger partial charge in [0.2, 0.25) is 10.0 Å². The number of sulfonamides is 1. The summed E-state index contributed by atoms with van der Waals surface area (Å²) in [5.74, 6) is -1.34. The molecular formula is C9H17NO5S. The minimum absolute atomic E-state index is 0.0952. The van der Waals surface area contributed by atoms with Crippen LogP contribution in [0.5, 0.6) is 0 Å². The molecule has 1 rings (SSSR count). The maximum atomic E-state index is 11.5. The summed E-state index contributed by atoms with van der Waals surface area (Å²) < 4.78 is 30.7. The van der Waals surface area contributed by atoms with E-state index in [2.05, 4.69) is 4.72 Å². The van der Waals surface area contributed by atoms with E-state index in [4.69, 9.17) is 9.84 Å². The van der Waals surface area contributed by atoms with Gasteiger partial charge in [-0.3, -0.25) is 4.79 Å². The lowest BCUT2D eigenvalue weighted by Gasteiger charge is -2.35. The molecule has 1 saturated carbocycles. The quantitative estimate of drug-likeness (QED) is 0.690. The zero-order chi connectivity index (χ0) is 12.3. The lowest BCUT2D eigenvalue weighted by molar-refractivity contribution is -0.136. The van der Waals surface area contributed by atoms with Gasteiger partial charge in [0.05, 0.1) is 6.10 Å². The number of hydrogen-bond acceptors (Lipinski definition) is 4.